The normalized spacial score (nSPS) is 9.90. The zero-order valence-corrected chi connectivity index (χ0v) is 11.7. The van der Waals surface area contributed by atoms with Crippen molar-refractivity contribution in [2.75, 3.05) is 17.2 Å². The van der Waals surface area contributed by atoms with Crippen LogP contribution in [-0.4, -0.2) is 24.3 Å². The van der Waals surface area contributed by atoms with Crippen LogP contribution in [0.5, 0.6) is 0 Å². The van der Waals surface area contributed by atoms with Crippen molar-refractivity contribution in [2.45, 2.75) is 26.7 Å². The summed E-state index contributed by atoms with van der Waals surface area (Å²) in [6, 6.07) is 6.17. The third-order valence-corrected chi connectivity index (χ3v) is 2.68. The van der Waals surface area contributed by atoms with Crippen LogP contribution in [0.4, 0.5) is 11.4 Å². The fourth-order valence-electron chi connectivity index (χ4n) is 1.62. The molecule has 1 rings (SSSR count). The number of rotatable bonds is 4. The Morgan fingerprint density at radius 1 is 1.20 bits per heavy atom. The fraction of sp³-hybridized carbons (Fsp3) is 0.357. The van der Waals surface area contributed by atoms with E-state index in [1.165, 1.54) is 19.1 Å². The Morgan fingerprint density at radius 2 is 1.80 bits per heavy atom. The van der Waals surface area contributed by atoms with Gasteiger partial charge in [-0.2, -0.15) is 0 Å². The van der Waals surface area contributed by atoms with E-state index >= 15 is 0 Å². The van der Waals surface area contributed by atoms with E-state index in [2.05, 4.69) is 5.32 Å². The molecule has 6 heteroatoms. The zero-order chi connectivity index (χ0) is 15.1. The number of hydrogen-bond acceptors (Lipinski definition) is 4. The number of anilines is 2. The molecule has 1 aromatic carbocycles. The summed E-state index contributed by atoms with van der Waals surface area (Å²) < 4.78 is 0. The summed E-state index contributed by atoms with van der Waals surface area (Å²) in [5.41, 5.74) is 6.39. The number of hydrogen-bond donors (Lipinski definition) is 2. The van der Waals surface area contributed by atoms with Crippen LogP contribution in [0.25, 0.3) is 0 Å². The van der Waals surface area contributed by atoms with Gasteiger partial charge in [0.1, 0.15) is 0 Å². The lowest BCUT2D eigenvalue weighted by atomic mass is 10.2. The van der Waals surface area contributed by atoms with Crippen LogP contribution < -0.4 is 16.0 Å². The van der Waals surface area contributed by atoms with Gasteiger partial charge >= 0.3 is 11.8 Å². The van der Waals surface area contributed by atoms with Crippen LogP contribution in [0.15, 0.2) is 24.3 Å². The molecule has 0 spiro atoms. The number of imide groups is 1. The third kappa shape index (κ3) is 4.08. The van der Waals surface area contributed by atoms with Crippen molar-refractivity contribution < 1.29 is 14.4 Å². The van der Waals surface area contributed by atoms with Crippen LogP contribution in [-0.2, 0) is 14.4 Å². The Kier molecular flexibility index (Phi) is 5.71. The number of nitrogens with one attached hydrogen (secondary N) is 1. The summed E-state index contributed by atoms with van der Waals surface area (Å²) in [6.45, 7) is 3.62. The zero-order valence-electron chi connectivity index (χ0n) is 11.7. The SMILES string of the molecule is CCCCNC(=O)C(=O)N(C(C)=O)c1ccc(N)cc1. The minimum absolute atomic E-state index is 0.322. The summed E-state index contributed by atoms with van der Waals surface area (Å²) in [4.78, 5) is 36.2. The van der Waals surface area contributed by atoms with E-state index in [-0.39, 0.29) is 0 Å². The highest BCUT2D eigenvalue weighted by atomic mass is 16.2. The highest BCUT2D eigenvalue weighted by Crippen LogP contribution is 2.16. The van der Waals surface area contributed by atoms with Gasteiger partial charge in [0, 0.05) is 19.2 Å². The quantitative estimate of drug-likeness (QED) is 0.489. The first-order valence-electron chi connectivity index (χ1n) is 6.45. The lowest BCUT2D eigenvalue weighted by molar-refractivity contribution is -0.139. The molecular formula is C14H19N3O3. The molecule has 0 atom stereocenters. The number of carbonyl (C=O) groups excluding carboxylic acids is 3. The standard InChI is InChI=1S/C14H19N3O3/c1-3-4-9-16-13(19)14(20)17(10(2)18)12-7-5-11(15)6-8-12/h5-8H,3-4,9,15H2,1-2H3,(H,16,19). The van der Waals surface area contributed by atoms with Crippen molar-refractivity contribution >= 4 is 29.1 Å². The van der Waals surface area contributed by atoms with Crippen LogP contribution >= 0.6 is 0 Å². The van der Waals surface area contributed by atoms with E-state index in [0.29, 0.717) is 17.9 Å². The minimum atomic E-state index is -0.890. The van der Waals surface area contributed by atoms with E-state index in [0.717, 1.165) is 17.7 Å². The van der Waals surface area contributed by atoms with Gasteiger partial charge in [0.05, 0.1) is 5.69 Å². The molecule has 0 aliphatic carbocycles. The van der Waals surface area contributed by atoms with E-state index in [1.807, 2.05) is 6.92 Å². The van der Waals surface area contributed by atoms with Crippen molar-refractivity contribution in [1.29, 1.82) is 0 Å². The first kappa shape index (κ1) is 15.7. The second-order valence-electron chi connectivity index (χ2n) is 4.36. The van der Waals surface area contributed by atoms with Gasteiger partial charge in [0.25, 0.3) is 0 Å². The Bertz CT molecular complexity index is 497. The van der Waals surface area contributed by atoms with Gasteiger partial charge in [0.15, 0.2) is 0 Å². The second kappa shape index (κ2) is 7.28. The Hall–Kier alpha value is -2.37. The van der Waals surface area contributed by atoms with Crippen molar-refractivity contribution in [3.8, 4) is 0 Å². The van der Waals surface area contributed by atoms with E-state index < -0.39 is 17.7 Å². The van der Waals surface area contributed by atoms with Gasteiger partial charge in [-0.05, 0) is 30.7 Å². The van der Waals surface area contributed by atoms with Gasteiger partial charge < -0.3 is 11.1 Å². The molecule has 3 amide bonds. The molecular weight excluding hydrogens is 258 g/mol. The van der Waals surface area contributed by atoms with Gasteiger partial charge in [-0.15, -0.1) is 0 Å². The minimum Gasteiger partial charge on any atom is -0.399 e. The maximum absolute atomic E-state index is 12.0. The molecule has 6 nitrogen and oxygen atoms in total. The number of nitrogen functional groups attached to an aromatic ring is 1. The molecule has 0 fully saturated rings. The van der Waals surface area contributed by atoms with Crippen LogP contribution in [0.3, 0.4) is 0 Å². The molecule has 20 heavy (non-hydrogen) atoms. The van der Waals surface area contributed by atoms with Crippen molar-refractivity contribution in [1.82, 2.24) is 5.32 Å². The lowest BCUT2D eigenvalue weighted by Gasteiger charge is -2.18. The Balaban J connectivity index is 2.85. The van der Waals surface area contributed by atoms with Gasteiger partial charge in [0.2, 0.25) is 5.91 Å². The van der Waals surface area contributed by atoms with Crippen molar-refractivity contribution in [2.24, 2.45) is 0 Å². The molecule has 0 radical (unpaired) electrons. The summed E-state index contributed by atoms with van der Waals surface area (Å²) >= 11 is 0. The van der Waals surface area contributed by atoms with Crippen molar-refractivity contribution in [3.05, 3.63) is 24.3 Å². The topological polar surface area (TPSA) is 92.5 Å². The molecule has 0 unspecified atom stereocenters. The van der Waals surface area contributed by atoms with Gasteiger partial charge in [-0.1, -0.05) is 13.3 Å². The molecule has 0 saturated carbocycles. The largest absolute Gasteiger partial charge is 0.399 e. The highest BCUT2D eigenvalue weighted by molar-refractivity contribution is 6.45. The summed E-state index contributed by atoms with van der Waals surface area (Å²) in [7, 11) is 0. The maximum atomic E-state index is 12.0. The monoisotopic (exact) mass is 277 g/mol. The molecule has 0 bridgehead atoms. The molecule has 0 saturated heterocycles. The van der Waals surface area contributed by atoms with Crippen LogP contribution in [0.2, 0.25) is 0 Å². The predicted molar refractivity (Wildman–Crippen MR) is 76.9 cm³/mol. The number of nitrogens with two attached hydrogens (primary N) is 1. The summed E-state index contributed by atoms with van der Waals surface area (Å²) in [6.07, 6.45) is 1.68. The highest BCUT2D eigenvalue weighted by Gasteiger charge is 2.26. The molecule has 0 aliphatic rings. The van der Waals surface area contributed by atoms with Crippen LogP contribution in [0.1, 0.15) is 26.7 Å². The predicted octanol–water partition coefficient (Wildman–Crippen LogP) is 1.06. The number of unbranched alkanes of at least 4 members (excludes halogenated alkanes) is 1. The third-order valence-electron chi connectivity index (χ3n) is 2.68. The number of carbonyl (C=O) groups is 3. The summed E-state index contributed by atoms with van der Waals surface area (Å²) in [5.74, 6) is -2.20. The Morgan fingerprint density at radius 3 is 2.30 bits per heavy atom. The first-order chi connectivity index (χ1) is 9.47. The molecule has 0 aliphatic heterocycles. The average Bonchev–Trinajstić information content (AvgIpc) is 2.41. The van der Waals surface area contributed by atoms with E-state index in [1.54, 1.807) is 12.1 Å². The van der Waals surface area contributed by atoms with Crippen molar-refractivity contribution in [3.63, 3.8) is 0 Å². The second-order valence-corrected chi connectivity index (χ2v) is 4.36. The molecule has 108 valence electrons. The number of benzene rings is 1. The maximum Gasteiger partial charge on any atom is 0.323 e. The molecule has 3 N–H and O–H groups in total. The van der Waals surface area contributed by atoms with E-state index in [9.17, 15) is 14.4 Å². The van der Waals surface area contributed by atoms with E-state index in [4.69, 9.17) is 5.73 Å². The smallest absolute Gasteiger partial charge is 0.323 e. The molecule has 0 heterocycles. The molecule has 0 aromatic heterocycles. The first-order valence-corrected chi connectivity index (χ1v) is 6.45. The summed E-state index contributed by atoms with van der Waals surface area (Å²) in [5, 5.41) is 2.49. The Labute approximate surface area is 117 Å². The van der Waals surface area contributed by atoms with Crippen LogP contribution in [0, 0.1) is 0 Å². The van der Waals surface area contributed by atoms with Gasteiger partial charge in [-0.25, -0.2) is 4.90 Å². The average molecular weight is 277 g/mol. The van der Waals surface area contributed by atoms with Gasteiger partial charge in [-0.3, -0.25) is 14.4 Å². The molecule has 1 aromatic rings. The number of nitrogens with zero attached hydrogens (tertiary/aromatic N) is 1. The number of amides is 3. The lowest BCUT2D eigenvalue weighted by Crippen LogP contribution is -2.45. The fourth-order valence-corrected chi connectivity index (χ4v) is 1.62.